The largest absolute Gasteiger partial charge is 0.491 e. The molecule has 0 radical (unpaired) electrons. The van der Waals surface area contributed by atoms with Gasteiger partial charge in [0, 0.05) is 43.1 Å². The Bertz CT molecular complexity index is 505. The molecular formula is C12H13BrN2O2. The van der Waals surface area contributed by atoms with Crippen LogP contribution < -0.4 is 4.74 Å². The quantitative estimate of drug-likeness (QED) is 0.796. The molecule has 2 aromatic rings. The Morgan fingerprint density at radius 2 is 2.18 bits per heavy atom. The SMILES string of the molecule is COCCCOc1ccnc2cc(Br)cnc12. The molecular weight excluding hydrogens is 284 g/mol. The van der Waals surface area contributed by atoms with E-state index < -0.39 is 0 Å². The number of methoxy groups -OCH3 is 1. The first-order valence-electron chi connectivity index (χ1n) is 5.33. The van der Waals surface area contributed by atoms with Gasteiger partial charge in [0.1, 0.15) is 11.3 Å². The van der Waals surface area contributed by atoms with Crippen LogP contribution in [0.25, 0.3) is 11.0 Å². The highest BCUT2D eigenvalue weighted by molar-refractivity contribution is 9.10. The van der Waals surface area contributed by atoms with E-state index in [1.54, 1.807) is 19.5 Å². The third-order valence-corrected chi connectivity index (χ3v) is 2.69. The number of halogens is 1. The summed E-state index contributed by atoms with van der Waals surface area (Å²) < 4.78 is 11.5. The lowest BCUT2D eigenvalue weighted by molar-refractivity contribution is 0.172. The second-order valence-corrected chi connectivity index (χ2v) is 4.44. The maximum absolute atomic E-state index is 5.66. The van der Waals surface area contributed by atoms with Crippen molar-refractivity contribution in [2.24, 2.45) is 0 Å². The summed E-state index contributed by atoms with van der Waals surface area (Å²) in [6.07, 6.45) is 4.32. The molecule has 0 saturated heterocycles. The number of fused-ring (bicyclic) bond motifs is 1. The summed E-state index contributed by atoms with van der Waals surface area (Å²) in [6.45, 7) is 1.31. The Balaban J connectivity index is 2.16. The van der Waals surface area contributed by atoms with Gasteiger partial charge < -0.3 is 9.47 Å². The lowest BCUT2D eigenvalue weighted by Gasteiger charge is -2.07. The number of aromatic nitrogens is 2. The van der Waals surface area contributed by atoms with Crippen molar-refractivity contribution in [3.63, 3.8) is 0 Å². The van der Waals surface area contributed by atoms with Gasteiger partial charge in [-0.3, -0.25) is 4.98 Å². The predicted molar refractivity (Wildman–Crippen MR) is 69.2 cm³/mol. The molecule has 0 spiro atoms. The molecule has 4 nitrogen and oxygen atoms in total. The first kappa shape index (κ1) is 12.3. The molecule has 0 aliphatic heterocycles. The van der Waals surface area contributed by atoms with Crippen LogP contribution in [0.15, 0.2) is 29.0 Å². The highest BCUT2D eigenvalue weighted by Gasteiger charge is 2.04. The van der Waals surface area contributed by atoms with Crippen molar-refractivity contribution < 1.29 is 9.47 Å². The molecule has 0 unspecified atom stereocenters. The van der Waals surface area contributed by atoms with Crippen LogP contribution in [-0.4, -0.2) is 30.3 Å². The van der Waals surface area contributed by atoms with E-state index in [0.717, 1.165) is 27.7 Å². The Morgan fingerprint density at radius 3 is 3.00 bits per heavy atom. The van der Waals surface area contributed by atoms with Crippen LogP contribution in [0.1, 0.15) is 6.42 Å². The summed E-state index contributed by atoms with van der Waals surface area (Å²) in [4.78, 5) is 8.56. The minimum absolute atomic E-state index is 0.616. The number of rotatable bonds is 5. The summed E-state index contributed by atoms with van der Waals surface area (Å²) in [5.41, 5.74) is 1.61. The fourth-order valence-electron chi connectivity index (χ4n) is 1.48. The molecule has 0 aliphatic carbocycles. The average Bonchev–Trinajstić information content (AvgIpc) is 2.34. The van der Waals surface area contributed by atoms with E-state index in [1.165, 1.54) is 0 Å². The Labute approximate surface area is 108 Å². The van der Waals surface area contributed by atoms with Crippen LogP contribution in [0.5, 0.6) is 5.75 Å². The van der Waals surface area contributed by atoms with Gasteiger partial charge in [0.15, 0.2) is 0 Å². The monoisotopic (exact) mass is 296 g/mol. The average molecular weight is 297 g/mol. The molecule has 0 N–H and O–H groups in total. The highest BCUT2D eigenvalue weighted by atomic mass is 79.9. The van der Waals surface area contributed by atoms with Gasteiger partial charge >= 0.3 is 0 Å². The normalized spacial score (nSPS) is 10.7. The summed E-state index contributed by atoms with van der Waals surface area (Å²) >= 11 is 3.37. The molecule has 0 atom stereocenters. The number of pyridine rings is 2. The van der Waals surface area contributed by atoms with Crippen molar-refractivity contribution in [2.45, 2.75) is 6.42 Å². The van der Waals surface area contributed by atoms with Gasteiger partial charge in [0.25, 0.3) is 0 Å². The zero-order valence-electron chi connectivity index (χ0n) is 9.52. The van der Waals surface area contributed by atoms with E-state index in [2.05, 4.69) is 25.9 Å². The summed E-state index contributed by atoms with van der Waals surface area (Å²) in [7, 11) is 1.68. The smallest absolute Gasteiger partial charge is 0.148 e. The molecule has 0 bridgehead atoms. The van der Waals surface area contributed by atoms with Crippen LogP contribution in [0, 0.1) is 0 Å². The van der Waals surface area contributed by atoms with Crippen molar-refractivity contribution in [1.82, 2.24) is 9.97 Å². The Hall–Kier alpha value is -1.20. The van der Waals surface area contributed by atoms with Crippen molar-refractivity contribution >= 4 is 27.0 Å². The van der Waals surface area contributed by atoms with Gasteiger partial charge in [0.05, 0.1) is 12.1 Å². The summed E-state index contributed by atoms with van der Waals surface area (Å²) in [5.74, 6) is 0.763. The van der Waals surface area contributed by atoms with Crippen molar-refractivity contribution in [1.29, 1.82) is 0 Å². The Morgan fingerprint density at radius 1 is 1.29 bits per heavy atom. The molecule has 2 rings (SSSR count). The minimum Gasteiger partial charge on any atom is -0.491 e. The molecule has 5 heteroatoms. The van der Waals surface area contributed by atoms with Gasteiger partial charge in [-0.15, -0.1) is 0 Å². The standard InChI is InChI=1S/C12H13BrN2O2/c1-16-5-2-6-17-11-3-4-14-10-7-9(13)8-15-12(10)11/h3-4,7-8H,2,5-6H2,1H3. The summed E-state index contributed by atoms with van der Waals surface area (Å²) in [6, 6.07) is 3.75. The van der Waals surface area contributed by atoms with Crippen LogP contribution in [0.2, 0.25) is 0 Å². The van der Waals surface area contributed by atoms with Crippen molar-refractivity contribution in [3.05, 3.63) is 29.0 Å². The van der Waals surface area contributed by atoms with E-state index in [9.17, 15) is 0 Å². The van der Waals surface area contributed by atoms with E-state index >= 15 is 0 Å². The molecule has 17 heavy (non-hydrogen) atoms. The fraction of sp³-hybridized carbons (Fsp3) is 0.333. The van der Waals surface area contributed by atoms with Crippen molar-refractivity contribution in [3.8, 4) is 5.75 Å². The fourth-order valence-corrected chi connectivity index (χ4v) is 1.80. The molecule has 2 aromatic heterocycles. The maximum atomic E-state index is 5.66. The topological polar surface area (TPSA) is 44.2 Å². The van der Waals surface area contributed by atoms with Crippen LogP contribution >= 0.6 is 15.9 Å². The summed E-state index contributed by atoms with van der Waals surface area (Å²) in [5, 5.41) is 0. The molecule has 2 heterocycles. The van der Waals surface area contributed by atoms with Crippen LogP contribution in [0.4, 0.5) is 0 Å². The third-order valence-electron chi connectivity index (χ3n) is 2.26. The number of hydrogen-bond donors (Lipinski definition) is 0. The lowest BCUT2D eigenvalue weighted by Crippen LogP contribution is -2.02. The van der Waals surface area contributed by atoms with Crippen molar-refractivity contribution in [2.75, 3.05) is 20.3 Å². The molecule has 0 amide bonds. The van der Waals surface area contributed by atoms with E-state index in [4.69, 9.17) is 9.47 Å². The van der Waals surface area contributed by atoms with Crippen LogP contribution in [0.3, 0.4) is 0 Å². The first-order valence-corrected chi connectivity index (χ1v) is 6.12. The van der Waals surface area contributed by atoms with Gasteiger partial charge in [0.2, 0.25) is 0 Å². The van der Waals surface area contributed by atoms with E-state index in [1.807, 2.05) is 12.1 Å². The number of ether oxygens (including phenoxy) is 2. The lowest BCUT2D eigenvalue weighted by atomic mass is 10.3. The molecule has 90 valence electrons. The number of nitrogens with zero attached hydrogens (tertiary/aromatic N) is 2. The zero-order valence-corrected chi connectivity index (χ0v) is 11.1. The van der Waals surface area contributed by atoms with Crippen LogP contribution in [-0.2, 0) is 4.74 Å². The predicted octanol–water partition coefficient (Wildman–Crippen LogP) is 2.81. The second kappa shape index (κ2) is 5.93. The minimum atomic E-state index is 0.616. The van der Waals surface area contributed by atoms with Gasteiger partial charge in [-0.25, -0.2) is 4.98 Å². The molecule has 0 fully saturated rings. The molecule has 0 aromatic carbocycles. The zero-order chi connectivity index (χ0) is 12.1. The van der Waals surface area contributed by atoms with Gasteiger partial charge in [-0.2, -0.15) is 0 Å². The number of hydrogen-bond acceptors (Lipinski definition) is 4. The second-order valence-electron chi connectivity index (χ2n) is 3.53. The van der Waals surface area contributed by atoms with E-state index in [0.29, 0.717) is 13.2 Å². The maximum Gasteiger partial charge on any atom is 0.148 e. The van der Waals surface area contributed by atoms with E-state index in [-0.39, 0.29) is 0 Å². The highest BCUT2D eigenvalue weighted by Crippen LogP contribution is 2.23. The molecule has 0 aliphatic rings. The Kier molecular flexibility index (Phi) is 4.28. The first-order chi connectivity index (χ1) is 8.31. The third kappa shape index (κ3) is 3.14. The van der Waals surface area contributed by atoms with Gasteiger partial charge in [-0.05, 0) is 22.0 Å². The van der Waals surface area contributed by atoms with Gasteiger partial charge in [-0.1, -0.05) is 0 Å². The molecule has 0 saturated carbocycles.